The molecule has 36 heavy (non-hydrogen) atoms. The molecule has 198 valence electrons. The van der Waals surface area contributed by atoms with Gasteiger partial charge < -0.3 is 29.2 Å². The molecule has 1 amide bonds. The third-order valence-electron chi connectivity index (χ3n) is 6.04. The number of aromatic nitrogens is 1. The third-order valence-corrected chi connectivity index (χ3v) is 15.1. The van der Waals surface area contributed by atoms with Crippen LogP contribution >= 0.6 is 0 Å². The van der Waals surface area contributed by atoms with Gasteiger partial charge in [-0.1, -0.05) is 57.5 Å². The first-order valence-corrected chi connectivity index (χ1v) is 19.1. The number of nitrogens with zero attached hydrogens (tertiary/aromatic N) is 4. The zero-order chi connectivity index (χ0) is 27.3. The van der Waals surface area contributed by atoms with Gasteiger partial charge in [0.15, 0.2) is 0 Å². The molecule has 0 fully saturated rings. The number of hydrogen-bond acceptors (Lipinski definition) is 5. The Morgan fingerprint density at radius 2 is 1.67 bits per heavy atom. The Balaban J connectivity index is 2.92. The number of para-hydroxylation sites is 1. The van der Waals surface area contributed by atoms with Crippen LogP contribution in [0, 0.1) is 0 Å². The van der Waals surface area contributed by atoms with Crippen LogP contribution in [0.4, 0.5) is 0 Å². The van der Waals surface area contributed by atoms with Crippen molar-refractivity contribution in [3.05, 3.63) is 41.6 Å². The fourth-order valence-electron chi connectivity index (χ4n) is 5.29. The second-order valence-corrected chi connectivity index (χ2v) is 22.3. The van der Waals surface area contributed by atoms with Gasteiger partial charge in [0.2, 0.25) is 5.78 Å². The summed E-state index contributed by atoms with van der Waals surface area (Å²) >= 11 is 0. The van der Waals surface area contributed by atoms with Crippen LogP contribution in [0.25, 0.3) is 16.4 Å². The Hall–Kier alpha value is -2.41. The Morgan fingerprint density at radius 3 is 2.17 bits per heavy atom. The Morgan fingerprint density at radius 1 is 1.06 bits per heavy atom. The maximum absolute atomic E-state index is 14.1. The topological polar surface area (TPSA) is 106 Å². The summed E-state index contributed by atoms with van der Waals surface area (Å²) in [5.41, 5.74) is 11.0. The van der Waals surface area contributed by atoms with Gasteiger partial charge in [0, 0.05) is 37.5 Å². The monoisotopic (exact) mass is 532 g/mol. The van der Waals surface area contributed by atoms with E-state index >= 15 is 0 Å². The molecule has 0 aliphatic carbocycles. The highest BCUT2D eigenvalue weighted by atomic mass is 28.4. The van der Waals surface area contributed by atoms with Crippen LogP contribution in [0.2, 0.25) is 39.3 Å². The molecule has 11 heteroatoms. The van der Waals surface area contributed by atoms with Gasteiger partial charge in [-0.05, 0) is 12.1 Å². The van der Waals surface area contributed by atoms with E-state index in [1.807, 2.05) is 34.9 Å². The van der Waals surface area contributed by atoms with E-state index in [9.17, 15) is 15.1 Å². The van der Waals surface area contributed by atoms with Gasteiger partial charge >= 0.3 is 11.6 Å². The highest BCUT2D eigenvalue weighted by Gasteiger charge is 2.50. The van der Waals surface area contributed by atoms with Crippen LogP contribution in [0.1, 0.15) is 18.7 Å². The number of hydrogen-bond donors (Lipinski definition) is 0. The van der Waals surface area contributed by atoms with Gasteiger partial charge in [-0.25, -0.2) is 0 Å². The number of methoxy groups -OCH3 is 2. The number of Topliss-reactive ketones (excluding diaryl/α,β-unsaturated/α-hetero) is 1. The molecule has 0 spiro atoms. The van der Waals surface area contributed by atoms with Gasteiger partial charge in [0.05, 0.1) is 34.3 Å². The second kappa shape index (κ2) is 12.2. The summed E-state index contributed by atoms with van der Waals surface area (Å²) in [5.74, 6) is -1.19. The summed E-state index contributed by atoms with van der Waals surface area (Å²) in [6.45, 7) is 15.0. The molecule has 0 bridgehead atoms. The molecule has 1 aromatic carbocycles. The summed E-state index contributed by atoms with van der Waals surface area (Å²) in [4.78, 5) is 31.4. The van der Waals surface area contributed by atoms with Crippen molar-refractivity contribution in [1.82, 2.24) is 9.47 Å². The van der Waals surface area contributed by atoms with Crippen molar-refractivity contribution < 1.29 is 28.6 Å². The zero-order valence-electron chi connectivity index (χ0n) is 23.0. The summed E-state index contributed by atoms with van der Waals surface area (Å²) < 4.78 is 18.6. The van der Waals surface area contributed by atoms with E-state index in [1.165, 1.54) is 6.92 Å². The highest BCUT2D eigenvalue weighted by molar-refractivity contribution is 6.96. The molecule has 0 saturated heterocycles. The van der Waals surface area contributed by atoms with Crippen molar-refractivity contribution in [2.45, 2.75) is 64.3 Å². The molecule has 2 rings (SSSR count). The SMILES string of the molecule is COCOCC(c1cc2ccccc2n1COC)N(C(=O)C(=[N+]=[N-])C(C)=O)C([Si](C)(C)C)[Si](C)(C)C. The third kappa shape index (κ3) is 6.67. The lowest BCUT2D eigenvalue weighted by atomic mass is 10.1. The van der Waals surface area contributed by atoms with Gasteiger partial charge in [0.25, 0.3) is 0 Å². The van der Waals surface area contributed by atoms with Crippen molar-refractivity contribution in [3.63, 3.8) is 0 Å². The maximum Gasteiger partial charge on any atom is 0.421 e. The summed E-state index contributed by atoms with van der Waals surface area (Å²) in [6, 6.07) is 9.37. The van der Waals surface area contributed by atoms with E-state index in [0.717, 1.165) is 16.6 Å². The molecule has 1 aromatic heterocycles. The van der Waals surface area contributed by atoms with Gasteiger partial charge in [-0.2, -0.15) is 4.79 Å². The Kier molecular flexibility index (Phi) is 10.1. The largest absolute Gasteiger partial charge is 0.421 e. The molecule has 0 saturated carbocycles. The first-order valence-electron chi connectivity index (χ1n) is 12.0. The molecule has 2 aromatic rings. The quantitative estimate of drug-likeness (QED) is 0.0734. The lowest BCUT2D eigenvalue weighted by molar-refractivity contribution is -0.136. The predicted octanol–water partition coefficient (Wildman–Crippen LogP) is 4.12. The Labute approximate surface area is 216 Å². The van der Waals surface area contributed by atoms with Gasteiger partial charge in [0.1, 0.15) is 13.5 Å². The first-order chi connectivity index (χ1) is 16.8. The van der Waals surface area contributed by atoms with Gasteiger partial charge in [-0.15, -0.1) is 0 Å². The molecule has 0 aliphatic heterocycles. The smallest absolute Gasteiger partial charge is 0.364 e. The van der Waals surface area contributed by atoms with E-state index in [2.05, 4.69) is 44.1 Å². The van der Waals surface area contributed by atoms with Crippen molar-refractivity contribution in [3.8, 4) is 0 Å². The second-order valence-electron chi connectivity index (χ2n) is 11.1. The molecule has 1 atom stereocenters. The molecule has 0 radical (unpaired) electrons. The maximum atomic E-state index is 14.1. The lowest BCUT2D eigenvalue weighted by Crippen LogP contribution is -2.67. The molecule has 1 heterocycles. The van der Waals surface area contributed by atoms with Crippen LogP contribution in [0.3, 0.4) is 0 Å². The van der Waals surface area contributed by atoms with Crippen molar-refractivity contribution in [1.29, 1.82) is 0 Å². The minimum Gasteiger partial charge on any atom is -0.364 e. The zero-order valence-corrected chi connectivity index (χ0v) is 25.0. The Bertz CT molecular complexity index is 1120. The van der Waals surface area contributed by atoms with Crippen molar-refractivity contribution in [2.24, 2.45) is 0 Å². The lowest BCUT2D eigenvalue weighted by Gasteiger charge is -2.48. The van der Waals surface area contributed by atoms with Crippen LogP contribution < -0.4 is 0 Å². The predicted molar refractivity (Wildman–Crippen MR) is 146 cm³/mol. The van der Waals surface area contributed by atoms with Crippen LogP contribution in [-0.2, 0) is 30.5 Å². The van der Waals surface area contributed by atoms with Crippen molar-refractivity contribution in [2.75, 3.05) is 27.6 Å². The number of benzene rings is 1. The summed E-state index contributed by atoms with van der Waals surface area (Å²) in [5, 5.41) is 0.882. The molecule has 1 unspecified atom stereocenters. The van der Waals surface area contributed by atoms with Crippen LogP contribution in [-0.4, -0.2) is 80.7 Å². The highest BCUT2D eigenvalue weighted by Crippen LogP contribution is 2.35. The number of carbonyl (C=O) groups excluding carboxylic acids is 2. The average Bonchev–Trinajstić information content (AvgIpc) is 3.12. The molecule has 0 N–H and O–H groups in total. The number of ketones is 1. The van der Waals surface area contributed by atoms with E-state index in [-0.39, 0.29) is 25.4 Å². The number of rotatable bonds is 13. The molecule has 0 aliphatic rings. The van der Waals surface area contributed by atoms with E-state index in [4.69, 9.17) is 14.2 Å². The molecule has 9 nitrogen and oxygen atoms in total. The summed E-state index contributed by atoms with van der Waals surface area (Å²) in [7, 11) is -0.973. The molecular formula is C25H40N4O5Si2. The van der Waals surface area contributed by atoms with E-state index in [0.29, 0.717) is 0 Å². The number of fused-ring (bicyclic) bond motifs is 1. The normalized spacial score (nSPS) is 13.1. The average molecular weight is 533 g/mol. The van der Waals surface area contributed by atoms with Crippen LogP contribution in [0.5, 0.6) is 0 Å². The molecular weight excluding hydrogens is 492 g/mol. The van der Waals surface area contributed by atoms with Gasteiger partial charge in [-0.3, -0.25) is 9.59 Å². The first kappa shape index (κ1) is 29.8. The standard InChI is InChI=1S/C25H40N4O5Si2/c1-18(30)23(27-26)24(31)29(25(35(4,5)6)36(7,8)9)22(15-34-17-33-3)21-14-19-12-10-11-13-20(19)28(21)16-32-2/h10-14,22,25H,15-17H2,1-9H3. The summed E-state index contributed by atoms with van der Waals surface area (Å²) in [6.07, 6.45) is 0. The minimum absolute atomic E-state index is 0.0429. The number of amides is 1. The van der Waals surface area contributed by atoms with Crippen molar-refractivity contribution >= 4 is 44.5 Å². The fourth-order valence-corrected chi connectivity index (χ4v) is 17.9. The number of carbonyl (C=O) groups is 2. The van der Waals surface area contributed by atoms with E-state index in [1.54, 1.807) is 19.1 Å². The van der Waals surface area contributed by atoms with E-state index < -0.39 is 39.6 Å². The number of ether oxygens (including phenoxy) is 3. The fraction of sp³-hybridized carbons (Fsp3) is 0.560. The van der Waals surface area contributed by atoms with Crippen LogP contribution in [0.15, 0.2) is 30.3 Å². The minimum atomic E-state index is -2.07.